The van der Waals surface area contributed by atoms with Gasteiger partial charge in [0.15, 0.2) is 23.0 Å². The first-order valence-corrected chi connectivity index (χ1v) is 11.4. The number of urea groups is 1. The molecule has 0 radical (unpaired) electrons. The zero-order valence-electron chi connectivity index (χ0n) is 20.3. The Balaban J connectivity index is 1.72. The zero-order valence-corrected chi connectivity index (χ0v) is 21.1. The molecule has 186 valence electrons. The summed E-state index contributed by atoms with van der Waals surface area (Å²) < 4.78 is 21.9. The first-order chi connectivity index (χ1) is 17.4. The van der Waals surface area contributed by atoms with Gasteiger partial charge in [-0.15, -0.1) is 0 Å². The number of anilines is 2. The van der Waals surface area contributed by atoms with E-state index in [1.807, 2.05) is 24.3 Å². The number of benzene rings is 3. The normalized spacial score (nSPS) is 10.6. The lowest BCUT2D eigenvalue weighted by Gasteiger charge is -2.17. The number of carbonyl (C=O) groups is 1. The summed E-state index contributed by atoms with van der Waals surface area (Å²) >= 11 is 6.04. The van der Waals surface area contributed by atoms with Crippen LogP contribution in [0.15, 0.2) is 60.8 Å². The molecule has 0 unspecified atom stereocenters. The lowest BCUT2D eigenvalue weighted by molar-refractivity contribution is 0.262. The summed E-state index contributed by atoms with van der Waals surface area (Å²) in [5, 5.41) is 8.08. The van der Waals surface area contributed by atoms with Crippen LogP contribution in [0.5, 0.6) is 23.0 Å². The zero-order chi connectivity index (χ0) is 25.7. The molecule has 0 saturated carbocycles. The monoisotopic (exact) mass is 507 g/mol. The summed E-state index contributed by atoms with van der Waals surface area (Å²) in [6.45, 7) is 0. The third kappa shape index (κ3) is 5.39. The van der Waals surface area contributed by atoms with Crippen LogP contribution in [0.1, 0.15) is 11.3 Å². The first-order valence-electron chi connectivity index (χ1n) is 11.0. The third-order valence-electron chi connectivity index (χ3n) is 5.65. The van der Waals surface area contributed by atoms with E-state index in [-0.39, 0.29) is 0 Å². The molecule has 3 aromatic carbocycles. The van der Waals surface area contributed by atoms with E-state index in [0.29, 0.717) is 45.8 Å². The number of pyridine rings is 1. The first kappa shape index (κ1) is 24.9. The molecule has 4 aromatic rings. The second-order valence-electron chi connectivity index (χ2n) is 7.82. The fourth-order valence-electron chi connectivity index (χ4n) is 3.92. The number of carbonyl (C=O) groups excluding carboxylic acids is 1. The molecule has 4 rings (SSSR count). The molecule has 2 amide bonds. The standard InChI is InChI=1S/C27H26ClN3O5/c1-33-23-11-16-8-9-29-22(20(16)14-25(23)35-3)10-17-12-24(34-2)26(36-4)15-21(17)31-27(32)30-19-7-5-6-18(28)13-19/h5-9,11-15H,10H2,1-4H3,(H2,30,31,32). The quantitative estimate of drug-likeness (QED) is 0.297. The lowest BCUT2D eigenvalue weighted by Crippen LogP contribution is -2.20. The summed E-state index contributed by atoms with van der Waals surface area (Å²) in [6.07, 6.45) is 2.14. The Bertz CT molecular complexity index is 1410. The summed E-state index contributed by atoms with van der Waals surface area (Å²) in [5.41, 5.74) is 2.69. The van der Waals surface area contributed by atoms with Gasteiger partial charge < -0.3 is 29.6 Å². The largest absolute Gasteiger partial charge is 0.493 e. The van der Waals surface area contributed by atoms with Crippen molar-refractivity contribution in [1.82, 2.24) is 4.98 Å². The van der Waals surface area contributed by atoms with Crippen molar-refractivity contribution in [3.8, 4) is 23.0 Å². The molecule has 0 aliphatic heterocycles. The minimum atomic E-state index is -0.428. The van der Waals surface area contributed by atoms with Crippen molar-refractivity contribution in [2.75, 3.05) is 39.1 Å². The Morgan fingerprint density at radius 3 is 2.19 bits per heavy atom. The average molecular weight is 508 g/mol. The number of rotatable bonds is 8. The van der Waals surface area contributed by atoms with E-state index in [9.17, 15) is 4.79 Å². The van der Waals surface area contributed by atoms with Crippen molar-refractivity contribution in [3.05, 3.63) is 77.1 Å². The number of nitrogens with one attached hydrogen (secondary N) is 2. The van der Waals surface area contributed by atoms with Gasteiger partial charge in [0.05, 0.1) is 34.1 Å². The van der Waals surface area contributed by atoms with Crippen LogP contribution in [0.2, 0.25) is 5.02 Å². The van der Waals surface area contributed by atoms with Crippen molar-refractivity contribution in [3.63, 3.8) is 0 Å². The van der Waals surface area contributed by atoms with Gasteiger partial charge >= 0.3 is 6.03 Å². The van der Waals surface area contributed by atoms with Gasteiger partial charge in [0.1, 0.15) is 0 Å². The second kappa shape index (κ2) is 11.0. The number of hydrogen-bond donors (Lipinski definition) is 2. The topological polar surface area (TPSA) is 90.9 Å². The van der Waals surface area contributed by atoms with E-state index in [1.54, 1.807) is 65.0 Å². The molecule has 0 fully saturated rings. The Hall–Kier alpha value is -4.17. The van der Waals surface area contributed by atoms with Crippen molar-refractivity contribution < 1.29 is 23.7 Å². The number of hydrogen-bond acceptors (Lipinski definition) is 6. The van der Waals surface area contributed by atoms with E-state index in [1.165, 1.54) is 0 Å². The molecular formula is C27H26ClN3O5. The van der Waals surface area contributed by atoms with Gasteiger partial charge in [-0.3, -0.25) is 4.98 Å². The van der Waals surface area contributed by atoms with Gasteiger partial charge in [0.2, 0.25) is 0 Å². The minimum absolute atomic E-state index is 0.403. The summed E-state index contributed by atoms with van der Waals surface area (Å²) in [4.78, 5) is 17.5. The van der Waals surface area contributed by atoms with Gasteiger partial charge in [-0.25, -0.2) is 4.79 Å². The molecular weight excluding hydrogens is 482 g/mol. The number of fused-ring (bicyclic) bond motifs is 1. The maximum atomic E-state index is 12.8. The summed E-state index contributed by atoms with van der Waals surface area (Å²) in [5.74, 6) is 2.25. The average Bonchev–Trinajstić information content (AvgIpc) is 2.88. The van der Waals surface area contributed by atoms with Crippen LogP contribution in [0.3, 0.4) is 0 Å². The van der Waals surface area contributed by atoms with Crippen molar-refractivity contribution in [2.45, 2.75) is 6.42 Å². The molecule has 1 aromatic heterocycles. The van der Waals surface area contributed by atoms with Crippen LogP contribution in [0.25, 0.3) is 10.8 Å². The summed E-state index contributed by atoms with van der Waals surface area (Å²) in [7, 11) is 6.30. The molecule has 2 N–H and O–H groups in total. The SMILES string of the molecule is COc1cc(Cc2nccc3cc(OC)c(OC)cc23)c(NC(=O)Nc2cccc(Cl)c2)cc1OC. The van der Waals surface area contributed by atoms with Crippen LogP contribution in [0, 0.1) is 0 Å². The maximum Gasteiger partial charge on any atom is 0.323 e. The summed E-state index contributed by atoms with van der Waals surface area (Å²) in [6, 6.07) is 15.8. The molecule has 1 heterocycles. The second-order valence-corrected chi connectivity index (χ2v) is 8.25. The molecule has 0 aliphatic rings. The predicted octanol–water partition coefficient (Wildman–Crippen LogP) is 6.16. The smallest absolute Gasteiger partial charge is 0.323 e. The van der Waals surface area contributed by atoms with E-state index in [4.69, 9.17) is 30.5 Å². The predicted molar refractivity (Wildman–Crippen MR) is 141 cm³/mol. The van der Waals surface area contributed by atoms with Gasteiger partial charge in [0.25, 0.3) is 0 Å². The van der Waals surface area contributed by atoms with Crippen molar-refractivity contribution in [2.24, 2.45) is 0 Å². The minimum Gasteiger partial charge on any atom is -0.493 e. The molecule has 0 saturated heterocycles. The molecule has 0 spiro atoms. The van der Waals surface area contributed by atoms with Crippen molar-refractivity contribution in [1.29, 1.82) is 0 Å². The number of ether oxygens (including phenoxy) is 4. The molecule has 0 bridgehead atoms. The van der Waals surface area contributed by atoms with E-state index < -0.39 is 6.03 Å². The Labute approximate surface area is 214 Å². The van der Waals surface area contributed by atoms with E-state index in [2.05, 4.69) is 15.6 Å². The van der Waals surface area contributed by atoms with Crippen LogP contribution >= 0.6 is 11.6 Å². The number of nitrogens with zero attached hydrogens (tertiary/aromatic N) is 1. The van der Waals surface area contributed by atoms with Gasteiger partial charge in [-0.1, -0.05) is 17.7 Å². The fraction of sp³-hybridized carbons (Fsp3) is 0.185. The molecule has 8 nitrogen and oxygen atoms in total. The Morgan fingerprint density at radius 1 is 0.833 bits per heavy atom. The van der Waals surface area contributed by atoms with Crippen LogP contribution in [-0.2, 0) is 6.42 Å². The van der Waals surface area contributed by atoms with E-state index >= 15 is 0 Å². The fourth-order valence-corrected chi connectivity index (χ4v) is 4.11. The Morgan fingerprint density at radius 2 is 1.50 bits per heavy atom. The van der Waals surface area contributed by atoms with Crippen molar-refractivity contribution >= 4 is 39.8 Å². The highest BCUT2D eigenvalue weighted by molar-refractivity contribution is 6.30. The van der Waals surface area contributed by atoms with Gasteiger partial charge in [-0.2, -0.15) is 0 Å². The highest BCUT2D eigenvalue weighted by Gasteiger charge is 2.17. The van der Waals surface area contributed by atoms with Crippen LogP contribution in [0.4, 0.5) is 16.2 Å². The Kier molecular flexibility index (Phi) is 7.65. The number of aromatic nitrogens is 1. The number of amides is 2. The molecule has 0 aliphatic carbocycles. The third-order valence-corrected chi connectivity index (χ3v) is 5.88. The highest BCUT2D eigenvalue weighted by Crippen LogP contribution is 2.37. The molecule has 9 heteroatoms. The van der Waals surface area contributed by atoms with Crippen LogP contribution < -0.4 is 29.6 Å². The number of halogens is 1. The maximum absolute atomic E-state index is 12.8. The van der Waals surface area contributed by atoms with Crippen LogP contribution in [-0.4, -0.2) is 39.5 Å². The molecule has 36 heavy (non-hydrogen) atoms. The molecule has 0 atom stereocenters. The van der Waals surface area contributed by atoms with Gasteiger partial charge in [0, 0.05) is 40.5 Å². The van der Waals surface area contributed by atoms with E-state index in [0.717, 1.165) is 22.0 Å². The highest BCUT2D eigenvalue weighted by atomic mass is 35.5. The van der Waals surface area contributed by atoms with Gasteiger partial charge in [-0.05, 0) is 53.4 Å². The number of methoxy groups -OCH3 is 4. The lowest BCUT2D eigenvalue weighted by atomic mass is 10.0.